The standard InChI is InChI=1S/C14H19NO/c1-10(2)15(3)9-12-8-11-6-4-5-7-13(11)14(12)16/h4-7,10,12H,8-9H2,1-3H3/t12-/m1/s1. The van der Waals surface area contributed by atoms with Gasteiger partial charge in [0, 0.05) is 24.1 Å². The van der Waals surface area contributed by atoms with Crippen LogP contribution in [0.3, 0.4) is 0 Å². The second-order valence-corrected chi connectivity index (χ2v) is 4.96. The summed E-state index contributed by atoms with van der Waals surface area (Å²) in [6, 6.07) is 8.48. The van der Waals surface area contributed by atoms with Crippen LogP contribution in [0.1, 0.15) is 29.8 Å². The van der Waals surface area contributed by atoms with E-state index in [-0.39, 0.29) is 5.92 Å². The maximum atomic E-state index is 12.1. The Balaban J connectivity index is 2.10. The lowest BCUT2D eigenvalue weighted by Crippen LogP contribution is -2.33. The molecular weight excluding hydrogens is 198 g/mol. The Morgan fingerprint density at radius 1 is 1.38 bits per heavy atom. The van der Waals surface area contributed by atoms with Crippen LogP contribution in [0.5, 0.6) is 0 Å². The smallest absolute Gasteiger partial charge is 0.167 e. The molecule has 1 atom stereocenters. The highest BCUT2D eigenvalue weighted by atomic mass is 16.1. The average molecular weight is 217 g/mol. The highest BCUT2D eigenvalue weighted by molar-refractivity contribution is 6.02. The first-order chi connectivity index (χ1) is 7.59. The Kier molecular flexibility index (Phi) is 3.10. The number of ketones is 1. The fourth-order valence-corrected chi connectivity index (χ4v) is 2.22. The maximum absolute atomic E-state index is 12.1. The van der Waals surface area contributed by atoms with Gasteiger partial charge >= 0.3 is 0 Å². The monoisotopic (exact) mass is 217 g/mol. The molecule has 0 aromatic heterocycles. The summed E-state index contributed by atoms with van der Waals surface area (Å²) < 4.78 is 0. The van der Waals surface area contributed by atoms with Crippen molar-refractivity contribution in [1.29, 1.82) is 0 Å². The SMILES string of the molecule is CC(C)N(C)C[C@H]1Cc2ccccc2C1=O. The predicted octanol–water partition coefficient (Wildman–Crippen LogP) is 2.38. The molecule has 0 fully saturated rings. The number of Topliss-reactive ketones (excluding diaryl/α,β-unsaturated/α-hetero) is 1. The van der Waals surface area contributed by atoms with Gasteiger partial charge in [0.05, 0.1) is 0 Å². The summed E-state index contributed by atoms with van der Waals surface area (Å²) in [5.74, 6) is 0.480. The van der Waals surface area contributed by atoms with Crippen molar-refractivity contribution in [3.05, 3.63) is 35.4 Å². The van der Waals surface area contributed by atoms with E-state index in [0.717, 1.165) is 18.5 Å². The number of benzene rings is 1. The van der Waals surface area contributed by atoms with Gasteiger partial charge in [-0.15, -0.1) is 0 Å². The molecule has 1 aliphatic rings. The Bertz CT molecular complexity index is 397. The minimum atomic E-state index is 0.157. The van der Waals surface area contributed by atoms with Gasteiger partial charge in [-0.2, -0.15) is 0 Å². The number of rotatable bonds is 3. The number of carbonyl (C=O) groups is 1. The van der Waals surface area contributed by atoms with Gasteiger partial charge in [-0.25, -0.2) is 0 Å². The molecule has 2 nitrogen and oxygen atoms in total. The summed E-state index contributed by atoms with van der Waals surface area (Å²) in [6.07, 6.45) is 0.909. The molecule has 2 rings (SSSR count). The molecule has 0 aliphatic heterocycles. The molecule has 1 aromatic carbocycles. The molecule has 0 heterocycles. The lowest BCUT2D eigenvalue weighted by Gasteiger charge is -2.23. The summed E-state index contributed by atoms with van der Waals surface area (Å²) in [6.45, 7) is 5.18. The van der Waals surface area contributed by atoms with Gasteiger partial charge < -0.3 is 4.90 Å². The van der Waals surface area contributed by atoms with Crippen molar-refractivity contribution in [3.63, 3.8) is 0 Å². The molecule has 0 radical (unpaired) electrons. The zero-order chi connectivity index (χ0) is 11.7. The van der Waals surface area contributed by atoms with Gasteiger partial charge in [-0.05, 0) is 32.9 Å². The number of hydrogen-bond acceptors (Lipinski definition) is 2. The van der Waals surface area contributed by atoms with E-state index in [2.05, 4.69) is 31.9 Å². The largest absolute Gasteiger partial charge is 0.303 e. The van der Waals surface area contributed by atoms with Crippen LogP contribution in [0.4, 0.5) is 0 Å². The molecule has 0 bridgehead atoms. The van der Waals surface area contributed by atoms with Crippen LogP contribution in [0.2, 0.25) is 0 Å². The van der Waals surface area contributed by atoms with E-state index >= 15 is 0 Å². The van der Waals surface area contributed by atoms with Gasteiger partial charge in [-0.3, -0.25) is 4.79 Å². The van der Waals surface area contributed by atoms with Crippen LogP contribution in [-0.4, -0.2) is 30.3 Å². The molecule has 86 valence electrons. The van der Waals surface area contributed by atoms with E-state index in [1.165, 1.54) is 5.56 Å². The maximum Gasteiger partial charge on any atom is 0.167 e. The third-order valence-electron chi connectivity index (χ3n) is 3.51. The average Bonchev–Trinajstić information content (AvgIpc) is 2.56. The summed E-state index contributed by atoms with van der Waals surface area (Å²) in [4.78, 5) is 14.4. The Morgan fingerprint density at radius 3 is 2.69 bits per heavy atom. The summed E-state index contributed by atoms with van der Waals surface area (Å²) in [5.41, 5.74) is 2.15. The van der Waals surface area contributed by atoms with Crippen LogP contribution in [-0.2, 0) is 6.42 Å². The molecule has 0 N–H and O–H groups in total. The van der Waals surface area contributed by atoms with Crippen LogP contribution in [0, 0.1) is 5.92 Å². The molecule has 0 spiro atoms. The van der Waals surface area contributed by atoms with E-state index < -0.39 is 0 Å². The van der Waals surface area contributed by atoms with Crippen LogP contribution in [0.15, 0.2) is 24.3 Å². The third kappa shape index (κ3) is 2.03. The molecule has 0 amide bonds. The number of nitrogens with zero attached hydrogens (tertiary/aromatic N) is 1. The highest BCUT2D eigenvalue weighted by Crippen LogP contribution is 2.27. The second kappa shape index (κ2) is 4.38. The van der Waals surface area contributed by atoms with Crippen molar-refractivity contribution in [2.75, 3.05) is 13.6 Å². The van der Waals surface area contributed by atoms with E-state index in [4.69, 9.17) is 0 Å². The first-order valence-corrected chi connectivity index (χ1v) is 5.92. The zero-order valence-electron chi connectivity index (χ0n) is 10.2. The van der Waals surface area contributed by atoms with E-state index in [1.807, 2.05) is 18.2 Å². The van der Waals surface area contributed by atoms with Crippen molar-refractivity contribution in [1.82, 2.24) is 4.90 Å². The second-order valence-electron chi connectivity index (χ2n) is 4.96. The van der Waals surface area contributed by atoms with Gasteiger partial charge in [0.15, 0.2) is 5.78 Å². The zero-order valence-corrected chi connectivity index (χ0v) is 10.2. The first kappa shape index (κ1) is 11.3. The molecule has 16 heavy (non-hydrogen) atoms. The van der Waals surface area contributed by atoms with Gasteiger partial charge in [0.2, 0.25) is 0 Å². The van der Waals surface area contributed by atoms with Crippen molar-refractivity contribution < 1.29 is 4.79 Å². The molecule has 1 aromatic rings. The van der Waals surface area contributed by atoms with E-state index in [9.17, 15) is 4.79 Å². The highest BCUT2D eigenvalue weighted by Gasteiger charge is 2.30. The Morgan fingerprint density at radius 2 is 2.06 bits per heavy atom. The molecule has 0 unspecified atom stereocenters. The lowest BCUT2D eigenvalue weighted by atomic mass is 10.0. The number of carbonyl (C=O) groups excluding carboxylic acids is 1. The van der Waals surface area contributed by atoms with Crippen molar-refractivity contribution in [2.24, 2.45) is 5.92 Å². The fourth-order valence-electron chi connectivity index (χ4n) is 2.22. The molecule has 1 aliphatic carbocycles. The van der Waals surface area contributed by atoms with Gasteiger partial charge in [0.25, 0.3) is 0 Å². The third-order valence-corrected chi connectivity index (χ3v) is 3.51. The number of fused-ring (bicyclic) bond motifs is 1. The van der Waals surface area contributed by atoms with Crippen LogP contribution >= 0.6 is 0 Å². The van der Waals surface area contributed by atoms with E-state index in [1.54, 1.807) is 0 Å². The summed E-state index contributed by atoms with van der Waals surface area (Å²) in [7, 11) is 2.08. The predicted molar refractivity (Wildman–Crippen MR) is 65.7 cm³/mol. The topological polar surface area (TPSA) is 20.3 Å². The van der Waals surface area contributed by atoms with Crippen LogP contribution < -0.4 is 0 Å². The normalized spacial score (nSPS) is 19.6. The number of hydrogen-bond donors (Lipinski definition) is 0. The Hall–Kier alpha value is -1.15. The quantitative estimate of drug-likeness (QED) is 0.774. The molecule has 0 saturated carbocycles. The van der Waals surface area contributed by atoms with Crippen LogP contribution in [0.25, 0.3) is 0 Å². The molecular formula is C14H19NO. The molecule has 2 heteroatoms. The minimum absolute atomic E-state index is 0.157. The van der Waals surface area contributed by atoms with E-state index in [0.29, 0.717) is 11.8 Å². The van der Waals surface area contributed by atoms with Crippen molar-refractivity contribution in [2.45, 2.75) is 26.3 Å². The van der Waals surface area contributed by atoms with Crippen molar-refractivity contribution >= 4 is 5.78 Å². The molecule has 0 saturated heterocycles. The summed E-state index contributed by atoms with van der Waals surface area (Å²) >= 11 is 0. The lowest BCUT2D eigenvalue weighted by molar-refractivity contribution is 0.0899. The Labute approximate surface area is 97.3 Å². The van der Waals surface area contributed by atoms with Gasteiger partial charge in [-0.1, -0.05) is 24.3 Å². The van der Waals surface area contributed by atoms with Crippen molar-refractivity contribution in [3.8, 4) is 0 Å². The minimum Gasteiger partial charge on any atom is -0.303 e. The fraction of sp³-hybridized carbons (Fsp3) is 0.500. The summed E-state index contributed by atoms with van der Waals surface area (Å²) in [5, 5.41) is 0. The first-order valence-electron chi connectivity index (χ1n) is 5.92. The van der Waals surface area contributed by atoms with Gasteiger partial charge in [0.1, 0.15) is 0 Å².